The quantitative estimate of drug-likeness (QED) is 0.572. The molecule has 0 bridgehead atoms. The summed E-state index contributed by atoms with van der Waals surface area (Å²) >= 11 is 0. The van der Waals surface area contributed by atoms with Crippen molar-refractivity contribution in [2.75, 3.05) is 0 Å². The summed E-state index contributed by atoms with van der Waals surface area (Å²) in [5.41, 5.74) is -0.911. The molecule has 0 saturated heterocycles. The lowest BCUT2D eigenvalue weighted by Crippen LogP contribution is -2.66. The van der Waals surface area contributed by atoms with Crippen LogP contribution >= 0.6 is 0 Å². The van der Waals surface area contributed by atoms with E-state index in [0.717, 1.165) is 5.57 Å². The number of ketones is 1. The Labute approximate surface area is 161 Å². The van der Waals surface area contributed by atoms with Crippen molar-refractivity contribution in [3.8, 4) is 0 Å². The SMILES string of the molecule is C=C[C@]1(C)C=C2C[C@@H](OC(C)=O)[C@H]3C(C)(C)[C@@H](O)CC(=O)[C@]3(C)[C@H]2[C@@H](O)C1. The van der Waals surface area contributed by atoms with Crippen LogP contribution in [0, 0.1) is 28.1 Å². The predicted octanol–water partition coefficient (Wildman–Crippen LogP) is 2.80. The molecule has 150 valence electrons. The molecule has 0 aromatic rings. The first-order valence-electron chi connectivity index (χ1n) is 9.78. The van der Waals surface area contributed by atoms with E-state index in [9.17, 15) is 19.8 Å². The summed E-state index contributed by atoms with van der Waals surface area (Å²) < 4.78 is 5.69. The Hall–Kier alpha value is -1.46. The maximum absolute atomic E-state index is 13.3. The topological polar surface area (TPSA) is 83.8 Å². The van der Waals surface area contributed by atoms with Gasteiger partial charge in [0, 0.05) is 42.4 Å². The number of aliphatic hydroxyl groups is 2. The van der Waals surface area contributed by atoms with Crippen molar-refractivity contribution < 1.29 is 24.5 Å². The molecule has 5 heteroatoms. The first-order valence-corrected chi connectivity index (χ1v) is 9.78. The second-order valence-electron chi connectivity index (χ2n) is 9.76. The molecule has 0 aliphatic heterocycles. The van der Waals surface area contributed by atoms with Crippen LogP contribution in [0.4, 0.5) is 0 Å². The first kappa shape index (κ1) is 20.3. The van der Waals surface area contributed by atoms with Crippen molar-refractivity contribution in [1.29, 1.82) is 0 Å². The highest BCUT2D eigenvalue weighted by Gasteiger charge is 2.66. The van der Waals surface area contributed by atoms with Gasteiger partial charge in [-0.05, 0) is 11.8 Å². The van der Waals surface area contributed by atoms with Gasteiger partial charge in [-0.1, -0.05) is 45.4 Å². The van der Waals surface area contributed by atoms with E-state index >= 15 is 0 Å². The fourth-order valence-corrected chi connectivity index (χ4v) is 6.22. The van der Waals surface area contributed by atoms with Crippen molar-refractivity contribution >= 4 is 11.8 Å². The second kappa shape index (κ2) is 6.28. The monoisotopic (exact) mass is 376 g/mol. The zero-order valence-electron chi connectivity index (χ0n) is 17.0. The molecule has 0 radical (unpaired) electrons. The summed E-state index contributed by atoms with van der Waals surface area (Å²) in [5, 5.41) is 21.7. The molecular formula is C22H32O5. The van der Waals surface area contributed by atoms with Gasteiger partial charge in [-0.2, -0.15) is 0 Å². The standard InChI is InChI=1S/C22H32O5/c1-7-21(5)10-13-8-15(27-12(2)23)19-20(3,4)16(25)9-17(26)22(19,6)18(13)14(24)11-21/h7,10,14-16,18-19,24-25H,1,8-9,11H2,2-6H3/t14-,15+,16-,18+,19-,21+,22+/m0/s1. The molecule has 2 saturated carbocycles. The van der Waals surface area contributed by atoms with E-state index in [0.29, 0.717) is 12.8 Å². The average molecular weight is 376 g/mol. The number of hydrogen-bond acceptors (Lipinski definition) is 5. The summed E-state index contributed by atoms with van der Waals surface area (Å²) in [4.78, 5) is 25.1. The van der Waals surface area contributed by atoms with E-state index in [4.69, 9.17) is 4.74 Å². The first-order chi connectivity index (χ1) is 12.4. The molecular weight excluding hydrogens is 344 g/mol. The Morgan fingerprint density at radius 2 is 1.89 bits per heavy atom. The van der Waals surface area contributed by atoms with E-state index in [-0.39, 0.29) is 29.5 Å². The Bertz CT molecular complexity index is 707. The fraction of sp³-hybridized carbons (Fsp3) is 0.727. The van der Waals surface area contributed by atoms with Crippen LogP contribution in [-0.4, -0.2) is 40.3 Å². The van der Waals surface area contributed by atoms with Crippen LogP contribution in [0.2, 0.25) is 0 Å². The molecule has 3 aliphatic carbocycles. The molecule has 0 heterocycles. The number of Topliss-reactive ketones (excluding diaryl/α,β-unsaturated/α-hetero) is 1. The minimum atomic E-state index is -0.894. The van der Waals surface area contributed by atoms with Gasteiger partial charge in [-0.3, -0.25) is 9.59 Å². The number of fused-ring (bicyclic) bond motifs is 3. The highest BCUT2D eigenvalue weighted by molar-refractivity contribution is 5.88. The molecule has 0 aromatic carbocycles. The summed E-state index contributed by atoms with van der Waals surface area (Å²) in [7, 11) is 0. The van der Waals surface area contributed by atoms with Gasteiger partial charge in [-0.15, -0.1) is 6.58 Å². The van der Waals surface area contributed by atoms with Crippen LogP contribution in [0.25, 0.3) is 0 Å². The molecule has 2 N–H and O–H groups in total. The van der Waals surface area contributed by atoms with Crippen LogP contribution in [0.1, 0.15) is 53.9 Å². The molecule has 2 fully saturated rings. The highest BCUT2D eigenvalue weighted by atomic mass is 16.5. The number of hydrogen-bond donors (Lipinski definition) is 2. The van der Waals surface area contributed by atoms with Gasteiger partial charge in [0.2, 0.25) is 0 Å². The third-order valence-electron chi connectivity index (χ3n) is 7.47. The molecule has 0 unspecified atom stereocenters. The average Bonchev–Trinajstić information content (AvgIpc) is 2.51. The summed E-state index contributed by atoms with van der Waals surface area (Å²) in [6.07, 6.45) is 2.95. The maximum Gasteiger partial charge on any atom is 0.302 e. The van der Waals surface area contributed by atoms with E-state index in [1.165, 1.54) is 6.92 Å². The van der Waals surface area contributed by atoms with Crippen LogP contribution in [-0.2, 0) is 14.3 Å². The molecule has 3 aliphatic rings. The Kier molecular flexibility index (Phi) is 4.72. The lowest BCUT2D eigenvalue weighted by Gasteiger charge is -2.62. The minimum absolute atomic E-state index is 0.0576. The molecule has 0 amide bonds. The third-order valence-corrected chi connectivity index (χ3v) is 7.47. The van der Waals surface area contributed by atoms with Gasteiger partial charge < -0.3 is 14.9 Å². The van der Waals surface area contributed by atoms with E-state index < -0.39 is 35.1 Å². The maximum atomic E-state index is 13.3. The van der Waals surface area contributed by atoms with Gasteiger partial charge in [0.1, 0.15) is 11.9 Å². The third kappa shape index (κ3) is 2.90. The van der Waals surface area contributed by atoms with Crippen molar-refractivity contribution in [3.63, 3.8) is 0 Å². The van der Waals surface area contributed by atoms with Crippen molar-refractivity contribution in [3.05, 3.63) is 24.3 Å². The number of aliphatic hydroxyl groups excluding tert-OH is 2. The van der Waals surface area contributed by atoms with E-state index in [1.807, 2.05) is 33.8 Å². The lowest BCUT2D eigenvalue weighted by molar-refractivity contribution is -0.200. The van der Waals surface area contributed by atoms with E-state index in [1.54, 1.807) is 0 Å². The number of ether oxygens (including phenoxy) is 1. The Morgan fingerprint density at radius 1 is 1.26 bits per heavy atom. The molecule has 0 spiro atoms. The van der Waals surface area contributed by atoms with Gasteiger partial charge in [0.15, 0.2) is 0 Å². The zero-order valence-corrected chi connectivity index (χ0v) is 17.0. The van der Waals surface area contributed by atoms with Crippen molar-refractivity contribution in [2.24, 2.45) is 28.1 Å². The largest absolute Gasteiger partial charge is 0.462 e. The number of allylic oxidation sites excluding steroid dienone is 2. The summed E-state index contributed by atoms with van der Waals surface area (Å²) in [5.74, 6) is -1.16. The number of carbonyl (C=O) groups excluding carboxylic acids is 2. The molecule has 5 nitrogen and oxygen atoms in total. The molecule has 7 atom stereocenters. The molecule has 3 rings (SSSR count). The van der Waals surface area contributed by atoms with E-state index in [2.05, 4.69) is 12.7 Å². The van der Waals surface area contributed by atoms with Gasteiger partial charge in [0.05, 0.1) is 12.2 Å². The van der Waals surface area contributed by atoms with Gasteiger partial charge in [0.25, 0.3) is 0 Å². The van der Waals surface area contributed by atoms with Gasteiger partial charge >= 0.3 is 5.97 Å². The fourth-order valence-electron chi connectivity index (χ4n) is 6.22. The minimum Gasteiger partial charge on any atom is -0.462 e. The van der Waals surface area contributed by atoms with Crippen molar-refractivity contribution in [1.82, 2.24) is 0 Å². The van der Waals surface area contributed by atoms with Crippen molar-refractivity contribution in [2.45, 2.75) is 72.2 Å². The summed E-state index contributed by atoms with van der Waals surface area (Å²) in [6, 6.07) is 0. The van der Waals surface area contributed by atoms with Gasteiger partial charge in [-0.25, -0.2) is 0 Å². The summed E-state index contributed by atoms with van der Waals surface area (Å²) in [6.45, 7) is 13.0. The molecule has 0 aromatic heterocycles. The van der Waals surface area contributed by atoms with Crippen LogP contribution in [0.5, 0.6) is 0 Å². The number of carbonyl (C=O) groups is 2. The van der Waals surface area contributed by atoms with Crippen LogP contribution < -0.4 is 0 Å². The highest BCUT2D eigenvalue weighted by Crippen LogP contribution is 2.63. The normalized spacial score (nSPS) is 46.0. The zero-order chi connectivity index (χ0) is 20.4. The Balaban J connectivity index is 2.20. The Morgan fingerprint density at radius 3 is 2.44 bits per heavy atom. The van der Waals surface area contributed by atoms with Crippen LogP contribution in [0.3, 0.4) is 0 Å². The number of esters is 1. The lowest BCUT2D eigenvalue weighted by atomic mass is 9.43. The smallest absolute Gasteiger partial charge is 0.302 e. The second-order valence-corrected chi connectivity index (χ2v) is 9.76. The van der Waals surface area contributed by atoms with Crippen LogP contribution in [0.15, 0.2) is 24.3 Å². The predicted molar refractivity (Wildman–Crippen MR) is 102 cm³/mol. The number of rotatable bonds is 2. The molecule has 27 heavy (non-hydrogen) atoms.